The maximum absolute atomic E-state index is 13.4. The summed E-state index contributed by atoms with van der Waals surface area (Å²) in [6.45, 7) is 0.380. The molecule has 1 aliphatic rings. The van der Waals surface area contributed by atoms with Gasteiger partial charge in [0.05, 0.1) is 27.2 Å². The number of hydrogen-bond donors (Lipinski definition) is 1. The van der Waals surface area contributed by atoms with E-state index in [1.165, 1.54) is 27.8 Å². The molecule has 2 aromatic heterocycles. The van der Waals surface area contributed by atoms with Gasteiger partial charge >= 0.3 is 5.69 Å². The predicted octanol–water partition coefficient (Wildman–Crippen LogP) is 2.88. The van der Waals surface area contributed by atoms with E-state index in [0.29, 0.717) is 23.1 Å². The van der Waals surface area contributed by atoms with Gasteiger partial charge in [-0.15, -0.1) is 11.3 Å². The van der Waals surface area contributed by atoms with E-state index in [9.17, 15) is 18.0 Å². The van der Waals surface area contributed by atoms with Crippen molar-refractivity contribution in [3.05, 3.63) is 85.7 Å². The third kappa shape index (κ3) is 2.89. The van der Waals surface area contributed by atoms with E-state index >= 15 is 0 Å². The number of hydrogen-bond acceptors (Lipinski definition) is 5. The summed E-state index contributed by atoms with van der Waals surface area (Å²) >= 11 is 1.31. The van der Waals surface area contributed by atoms with Gasteiger partial charge in [0, 0.05) is 17.3 Å². The van der Waals surface area contributed by atoms with Gasteiger partial charge < -0.3 is 4.98 Å². The number of aromatic amines is 1. The highest BCUT2D eigenvalue weighted by Crippen LogP contribution is 2.32. The largest absolute Gasteiger partial charge is 0.333 e. The van der Waals surface area contributed by atoms with Gasteiger partial charge in [0.25, 0.3) is 15.6 Å². The standard InChI is InChI=1S/C21H17N3O4S2/c25-20-17-12-29-13-18(17)22-21(26)24(20)15-7-3-8-16(11-15)30(27,28)23-10-4-6-14-5-1-2-9-19(14)23/h1-3,5,7-9,11-13H,4,6,10H2,(H,22,26). The van der Waals surface area contributed by atoms with Crippen LogP contribution in [0.3, 0.4) is 0 Å². The highest BCUT2D eigenvalue weighted by Gasteiger charge is 2.29. The number of fused-ring (bicyclic) bond motifs is 2. The number of para-hydroxylation sites is 1. The SMILES string of the molecule is O=c1[nH]c2cscc2c(=O)n1-c1cccc(S(=O)(=O)N2CCCc3ccccc32)c1. The van der Waals surface area contributed by atoms with Gasteiger partial charge in [0.2, 0.25) is 0 Å². The van der Waals surface area contributed by atoms with Crippen LogP contribution in [-0.4, -0.2) is 24.5 Å². The van der Waals surface area contributed by atoms with Crippen molar-refractivity contribution in [3.63, 3.8) is 0 Å². The first kappa shape index (κ1) is 18.8. The van der Waals surface area contributed by atoms with Crippen LogP contribution >= 0.6 is 11.3 Å². The first-order chi connectivity index (χ1) is 14.5. The van der Waals surface area contributed by atoms with E-state index in [-0.39, 0.29) is 10.6 Å². The van der Waals surface area contributed by atoms with Gasteiger partial charge in [-0.2, -0.15) is 0 Å². The van der Waals surface area contributed by atoms with Crippen LogP contribution in [0.25, 0.3) is 16.6 Å². The molecule has 4 aromatic rings. The lowest BCUT2D eigenvalue weighted by molar-refractivity contribution is 0.586. The Labute approximate surface area is 175 Å². The molecule has 0 saturated carbocycles. The van der Waals surface area contributed by atoms with E-state index in [1.807, 2.05) is 18.2 Å². The summed E-state index contributed by atoms with van der Waals surface area (Å²) in [5.74, 6) is 0. The van der Waals surface area contributed by atoms with Crippen molar-refractivity contribution in [3.8, 4) is 5.69 Å². The van der Waals surface area contributed by atoms with E-state index in [2.05, 4.69) is 4.98 Å². The van der Waals surface area contributed by atoms with E-state index in [0.717, 1.165) is 23.0 Å². The second kappa shape index (κ2) is 6.96. The van der Waals surface area contributed by atoms with Crippen LogP contribution < -0.4 is 15.6 Å². The number of H-pyrrole nitrogens is 1. The number of anilines is 1. The Morgan fingerprint density at radius 1 is 1.00 bits per heavy atom. The molecule has 0 spiro atoms. The first-order valence-corrected chi connectivity index (χ1v) is 11.8. The van der Waals surface area contributed by atoms with Crippen LogP contribution in [0.1, 0.15) is 12.0 Å². The average Bonchev–Trinajstić information content (AvgIpc) is 3.22. The van der Waals surface area contributed by atoms with Gasteiger partial charge in [0.1, 0.15) is 0 Å². The molecule has 2 aromatic carbocycles. The summed E-state index contributed by atoms with van der Waals surface area (Å²) in [7, 11) is -3.86. The highest BCUT2D eigenvalue weighted by molar-refractivity contribution is 7.92. The van der Waals surface area contributed by atoms with Crippen molar-refractivity contribution in [1.29, 1.82) is 0 Å². The molecule has 0 aliphatic carbocycles. The van der Waals surface area contributed by atoms with E-state index in [4.69, 9.17) is 0 Å². The molecule has 1 N–H and O–H groups in total. The van der Waals surface area contributed by atoms with Crippen molar-refractivity contribution in [2.24, 2.45) is 0 Å². The van der Waals surface area contributed by atoms with Crippen molar-refractivity contribution < 1.29 is 8.42 Å². The number of benzene rings is 2. The van der Waals surface area contributed by atoms with Gasteiger partial charge in [0.15, 0.2) is 0 Å². The molecule has 30 heavy (non-hydrogen) atoms. The minimum Gasteiger partial charge on any atom is -0.306 e. The number of aromatic nitrogens is 2. The minimum absolute atomic E-state index is 0.0356. The fourth-order valence-corrected chi connectivity index (χ4v) is 6.17. The molecule has 0 fully saturated rings. The Balaban J connectivity index is 1.65. The Morgan fingerprint density at radius 2 is 1.83 bits per heavy atom. The summed E-state index contributed by atoms with van der Waals surface area (Å²) < 4.78 is 29.2. The molecule has 0 atom stereocenters. The van der Waals surface area contributed by atoms with Crippen LogP contribution in [0.4, 0.5) is 5.69 Å². The van der Waals surface area contributed by atoms with Crippen LogP contribution in [-0.2, 0) is 16.4 Å². The lowest BCUT2D eigenvalue weighted by atomic mass is 10.0. The second-order valence-corrected chi connectivity index (χ2v) is 9.68. The molecule has 1 aliphatic heterocycles. The lowest BCUT2D eigenvalue weighted by Gasteiger charge is -2.30. The third-order valence-corrected chi connectivity index (χ3v) is 7.82. The number of aryl methyl sites for hydroxylation is 1. The van der Waals surface area contributed by atoms with Gasteiger partial charge in [-0.3, -0.25) is 9.10 Å². The van der Waals surface area contributed by atoms with Crippen molar-refractivity contribution in [2.75, 3.05) is 10.8 Å². The number of sulfonamides is 1. The molecule has 0 bridgehead atoms. The zero-order valence-electron chi connectivity index (χ0n) is 15.7. The normalized spacial score (nSPS) is 14.1. The lowest BCUT2D eigenvalue weighted by Crippen LogP contribution is -2.36. The number of nitrogens with one attached hydrogen (secondary N) is 1. The topological polar surface area (TPSA) is 92.2 Å². The molecule has 5 rings (SSSR count). The van der Waals surface area contributed by atoms with Crippen molar-refractivity contribution in [1.82, 2.24) is 9.55 Å². The number of thiophene rings is 1. The summed E-state index contributed by atoms with van der Waals surface area (Å²) in [5, 5.41) is 3.74. The average molecular weight is 440 g/mol. The molecular formula is C21H17N3O4S2. The third-order valence-electron chi connectivity index (χ3n) is 5.27. The first-order valence-electron chi connectivity index (χ1n) is 9.39. The molecule has 9 heteroatoms. The summed E-state index contributed by atoms with van der Waals surface area (Å²) in [5.41, 5.74) is 1.25. The Hall–Kier alpha value is -3.17. The minimum atomic E-state index is -3.86. The van der Waals surface area contributed by atoms with Gasteiger partial charge in [-0.05, 0) is 42.7 Å². The monoisotopic (exact) mass is 439 g/mol. The summed E-state index contributed by atoms with van der Waals surface area (Å²) in [6, 6.07) is 13.4. The van der Waals surface area contributed by atoms with Crippen LogP contribution in [0.2, 0.25) is 0 Å². The van der Waals surface area contributed by atoms with E-state index in [1.54, 1.807) is 29.0 Å². The fraction of sp³-hybridized carbons (Fsp3) is 0.143. The number of rotatable bonds is 3. The van der Waals surface area contributed by atoms with Crippen molar-refractivity contribution >= 4 is 38.0 Å². The molecule has 152 valence electrons. The Morgan fingerprint density at radius 3 is 2.70 bits per heavy atom. The second-order valence-electron chi connectivity index (χ2n) is 7.08. The number of nitrogens with zero attached hydrogens (tertiary/aromatic N) is 2. The molecule has 3 heterocycles. The molecular weight excluding hydrogens is 422 g/mol. The Kier molecular flexibility index (Phi) is 4.37. The zero-order valence-corrected chi connectivity index (χ0v) is 17.4. The highest BCUT2D eigenvalue weighted by atomic mass is 32.2. The molecule has 0 amide bonds. The quantitative estimate of drug-likeness (QED) is 0.531. The Bertz CT molecular complexity index is 1500. The fourth-order valence-electron chi connectivity index (χ4n) is 3.84. The van der Waals surface area contributed by atoms with Crippen LogP contribution in [0.15, 0.2) is 73.8 Å². The summed E-state index contributed by atoms with van der Waals surface area (Å²) in [6.07, 6.45) is 1.55. The van der Waals surface area contributed by atoms with Gasteiger partial charge in [-0.25, -0.2) is 17.8 Å². The van der Waals surface area contributed by atoms with E-state index < -0.39 is 21.3 Å². The molecule has 7 nitrogen and oxygen atoms in total. The predicted molar refractivity (Wildman–Crippen MR) is 117 cm³/mol. The molecule has 0 unspecified atom stereocenters. The maximum atomic E-state index is 13.4. The van der Waals surface area contributed by atoms with Crippen molar-refractivity contribution in [2.45, 2.75) is 17.7 Å². The summed E-state index contributed by atoms with van der Waals surface area (Å²) in [4.78, 5) is 28.1. The molecule has 0 saturated heterocycles. The van der Waals surface area contributed by atoms with Crippen LogP contribution in [0.5, 0.6) is 0 Å². The molecule has 0 radical (unpaired) electrons. The van der Waals surface area contributed by atoms with Gasteiger partial charge in [-0.1, -0.05) is 24.3 Å². The van der Waals surface area contributed by atoms with Crippen LogP contribution in [0, 0.1) is 0 Å². The smallest absolute Gasteiger partial charge is 0.306 e. The zero-order chi connectivity index (χ0) is 20.9. The maximum Gasteiger partial charge on any atom is 0.333 e.